The molecule has 1 saturated heterocycles. The van der Waals surface area contributed by atoms with E-state index in [1.807, 2.05) is 6.92 Å². The third-order valence-corrected chi connectivity index (χ3v) is 8.86. The van der Waals surface area contributed by atoms with Gasteiger partial charge in [-0.1, -0.05) is 54.8 Å². The number of aryl methyl sites for hydroxylation is 2. The van der Waals surface area contributed by atoms with Gasteiger partial charge in [-0.25, -0.2) is 8.42 Å². The first-order valence-corrected chi connectivity index (χ1v) is 12.3. The highest BCUT2D eigenvalue weighted by Gasteiger charge is 2.55. The summed E-state index contributed by atoms with van der Waals surface area (Å²) in [6.07, 6.45) is 3.65. The van der Waals surface area contributed by atoms with E-state index in [0.717, 1.165) is 50.0 Å². The summed E-state index contributed by atoms with van der Waals surface area (Å²) in [5.74, 6) is 0. The Bertz CT molecular complexity index is 1030. The maximum Gasteiger partial charge on any atom is 0.266 e. The van der Waals surface area contributed by atoms with E-state index in [-0.39, 0.29) is 21.4 Å². The zero-order valence-electron chi connectivity index (χ0n) is 17.3. The number of benzene rings is 2. The van der Waals surface area contributed by atoms with Crippen molar-refractivity contribution in [1.29, 1.82) is 0 Å². The van der Waals surface area contributed by atoms with Crippen LogP contribution in [-0.2, 0) is 15.4 Å². The molecule has 1 spiro atoms. The number of fused-ring (bicyclic) bond motifs is 2. The highest BCUT2D eigenvalue weighted by molar-refractivity contribution is 7.93. The van der Waals surface area contributed by atoms with Gasteiger partial charge >= 0.3 is 0 Å². The van der Waals surface area contributed by atoms with Crippen LogP contribution in [0, 0.1) is 13.8 Å². The fourth-order valence-corrected chi connectivity index (χ4v) is 7.71. The minimum absolute atomic E-state index is 0.0913. The van der Waals surface area contributed by atoms with Gasteiger partial charge in [-0.3, -0.25) is 4.31 Å². The molecule has 2 aromatic carbocycles. The lowest BCUT2D eigenvalue weighted by Gasteiger charge is -2.42. The summed E-state index contributed by atoms with van der Waals surface area (Å²) < 4.78 is 29.7. The number of anilines is 1. The maximum atomic E-state index is 14.0. The van der Waals surface area contributed by atoms with E-state index >= 15 is 0 Å². The van der Waals surface area contributed by atoms with Crippen LogP contribution in [-0.4, -0.2) is 27.5 Å². The van der Waals surface area contributed by atoms with Gasteiger partial charge in [0.1, 0.15) is 4.90 Å². The Labute approximate surface area is 179 Å². The molecule has 2 aliphatic rings. The van der Waals surface area contributed by atoms with Crippen molar-refractivity contribution in [2.75, 3.05) is 17.4 Å². The summed E-state index contributed by atoms with van der Waals surface area (Å²) in [7, 11) is -3.78. The van der Waals surface area contributed by atoms with E-state index in [1.54, 1.807) is 28.6 Å². The molecule has 4 rings (SSSR count). The Balaban J connectivity index is 2.00. The number of hydrogen-bond donors (Lipinski definition) is 1. The Morgan fingerprint density at radius 2 is 1.86 bits per heavy atom. The molecule has 2 aliphatic heterocycles. The van der Waals surface area contributed by atoms with Crippen LogP contribution in [0.4, 0.5) is 5.69 Å². The van der Waals surface area contributed by atoms with Gasteiger partial charge in [-0.15, -0.1) is 0 Å². The summed E-state index contributed by atoms with van der Waals surface area (Å²) in [5.41, 5.74) is 4.13. The van der Waals surface area contributed by atoms with Crippen molar-refractivity contribution in [1.82, 2.24) is 5.32 Å². The topological polar surface area (TPSA) is 49.4 Å². The fourth-order valence-electron chi connectivity index (χ4n) is 5.38. The van der Waals surface area contributed by atoms with E-state index in [9.17, 15) is 8.42 Å². The average molecular weight is 433 g/mol. The number of rotatable bonds is 4. The van der Waals surface area contributed by atoms with Crippen LogP contribution in [0.3, 0.4) is 0 Å². The molecule has 29 heavy (non-hydrogen) atoms. The minimum Gasteiger partial charge on any atom is -0.317 e. The second-order valence-electron chi connectivity index (χ2n) is 8.42. The zero-order chi connectivity index (χ0) is 20.8. The Hall–Kier alpha value is -1.56. The largest absolute Gasteiger partial charge is 0.317 e. The summed E-state index contributed by atoms with van der Waals surface area (Å²) in [6.45, 7) is 8.08. The first kappa shape index (κ1) is 20.7. The van der Waals surface area contributed by atoms with E-state index < -0.39 is 10.0 Å². The molecule has 4 nitrogen and oxygen atoms in total. The number of halogens is 1. The number of hydrogen-bond acceptors (Lipinski definition) is 3. The van der Waals surface area contributed by atoms with Gasteiger partial charge in [0.05, 0.1) is 16.8 Å². The van der Waals surface area contributed by atoms with Gasteiger partial charge in [0.25, 0.3) is 10.0 Å². The third kappa shape index (κ3) is 3.18. The molecule has 1 atom stereocenters. The van der Waals surface area contributed by atoms with Crippen LogP contribution in [0.2, 0.25) is 5.02 Å². The van der Waals surface area contributed by atoms with Crippen molar-refractivity contribution >= 4 is 27.3 Å². The van der Waals surface area contributed by atoms with Gasteiger partial charge in [0.15, 0.2) is 0 Å². The molecule has 2 aromatic rings. The maximum absolute atomic E-state index is 14.0. The monoisotopic (exact) mass is 432 g/mol. The normalized spacial score (nSPS) is 20.8. The van der Waals surface area contributed by atoms with Crippen molar-refractivity contribution < 1.29 is 8.42 Å². The summed E-state index contributed by atoms with van der Waals surface area (Å²) in [6, 6.07) is 11.0. The first-order chi connectivity index (χ1) is 13.8. The smallest absolute Gasteiger partial charge is 0.266 e. The second-order valence-corrected chi connectivity index (χ2v) is 10.6. The molecule has 0 unspecified atom stereocenters. The van der Waals surface area contributed by atoms with Crippen LogP contribution in [0.1, 0.15) is 49.3 Å². The predicted octanol–water partition coefficient (Wildman–Crippen LogP) is 4.96. The molecule has 0 bridgehead atoms. The van der Waals surface area contributed by atoms with Gasteiger partial charge in [-0.05, 0) is 69.5 Å². The molecule has 2 heterocycles. The Morgan fingerprint density at radius 3 is 2.52 bits per heavy atom. The number of piperidine rings is 1. The molecule has 156 valence electrons. The van der Waals surface area contributed by atoms with Crippen molar-refractivity contribution in [3.63, 3.8) is 0 Å². The lowest BCUT2D eigenvalue weighted by atomic mass is 9.68. The van der Waals surface area contributed by atoms with E-state index in [4.69, 9.17) is 11.6 Å². The molecule has 0 amide bonds. The lowest BCUT2D eigenvalue weighted by Crippen LogP contribution is -2.52. The van der Waals surface area contributed by atoms with Crippen molar-refractivity contribution in [3.05, 3.63) is 58.1 Å². The standard InChI is InChI=1S/C23H29ClN2O2S/c1-4-7-21-23(10-12-25-13-11-23)18-15-16(2)14-17(3)22(18)26(21)29(27,28)20-9-6-5-8-19(20)24/h5-6,8-9,14-15,21,25H,4,7,10-13H2,1-3H3/t21-/m1/s1. The molecule has 0 saturated carbocycles. The molecular formula is C23H29ClN2O2S. The van der Waals surface area contributed by atoms with Crippen LogP contribution in [0.15, 0.2) is 41.3 Å². The number of nitrogens with one attached hydrogen (secondary N) is 1. The lowest BCUT2D eigenvalue weighted by molar-refractivity contribution is 0.263. The SMILES string of the molecule is CCC[C@H]1N(S(=O)(=O)c2ccccc2Cl)c2c(C)cc(C)cc2C12CCNCC2. The average Bonchev–Trinajstić information content (AvgIpc) is 2.94. The first-order valence-electron chi connectivity index (χ1n) is 10.4. The number of nitrogens with zero attached hydrogens (tertiary/aromatic N) is 1. The van der Waals surface area contributed by atoms with Crippen LogP contribution >= 0.6 is 11.6 Å². The van der Waals surface area contributed by atoms with Crippen LogP contribution in [0.25, 0.3) is 0 Å². The zero-order valence-corrected chi connectivity index (χ0v) is 18.9. The molecule has 0 radical (unpaired) electrons. The number of sulfonamides is 1. The summed E-state index contributed by atoms with van der Waals surface area (Å²) in [5, 5.41) is 3.74. The van der Waals surface area contributed by atoms with E-state index in [1.165, 1.54) is 11.1 Å². The Morgan fingerprint density at radius 1 is 1.17 bits per heavy atom. The highest BCUT2D eigenvalue weighted by atomic mass is 35.5. The van der Waals surface area contributed by atoms with E-state index in [2.05, 4.69) is 31.3 Å². The molecular weight excluding hydrogens is 404 g/mol. The minimum atomic E-state index is -3.78. The molecule has 1 fully saturated rings. The summed E-state index contributed by atoms with van der Waals surface area (Å²) >= 11 is 6.37. The predicted molar refractivity (Wildman–Crippen MR) is 120 cm³/mol. The summed E-state index contributed by atoms with van der Waals surface area (Å²) in [4.78, 5) is 0.194. The van der Waals surface area contributed by atoms with Crippen molar-refractivity contribution in [2.24, 2.45) is 0 Å². The fraction of sp³-hybridized carbons (Fsp3) is 0.478. The van der Waals surface area contributed by atoms with Crippen molar-refractivity contribution in [3.8, 4) is 0 Å². The van der Waals surface area contributed by atoms with Gasteiger partial charge in [-0.2, -0.15) is 0 Å². The third-order valence-electron chi connectivity index (χ3n) is 6.55. The Kier molecular flexibility index (Phi) is 5.43. The molecule has 0 aliphatic carbocycles. The molecule has 1 N–H and O–H groups in total. The highest BCUT2D eigenvalue weighted by Crippen LogP contribution is 2.55. The second kappa shape index (κ2) is 7.60. The quantitative estimate of drug-likeness (QED) is 0.743. The molecule has 6 heteroatoms. The van der Waals surface area contributed by atoms with Crippen LogP contribution < -0.4 is 9.62 Å². The molecule has 0 aromatic heterocycles. The van der Waals surface area contributed by atoms with Gasteiger partial charge in [0, 0.05) is 5.41 Å². The van der Waals surface area contributed by atoms with Crippen molar-refractivity contribution in [2.45, 2.75) is 62.8 Å². The van der Waals surface area contributed by atoms with Crippen LogP contribution in [0.5, 0.6) is 0 Å². The van der Waals surface area contributed by atoms with E-state index in [0.29, 0.717) is 0 Å². The van der Waals surface area contributed by atoms with Gasteiger partial charge in [0.2, 0.25) is 0 Å². The van der Waals surface area contributed by atoms with Gasteiger partial charge < -0.3 is 5.32 Å².